The van der Waals surface area contributed by atoms with E-state index >= 15 is 0 Å². The summed E-state index contributed by atoms with van der Waals surface area (Å²) in [6, 6.07) is 0.777. The average Bonchev–Trinajstić information content (AvgIpc) is 2.78. The molecule has 3 aliphatic heterocycles. The molecule has 0 bridgehead atoms. The van der Waals surface area contributed by atoms with Gasteiger partial charge in [-0.2, -0.15) is 0 Å². The van der Waals surface area contributed by atoms with Crippen LogP contribution in [0.3, 0.4) is 0 Å². The first kappa shape index (κ1) is 11.9. The van der Waals surface area contributed by atoms with Crippen LogP contribution in [0.4, 0.5) is 0 Å². The molecule has 1 N–H and O–H groups in total. The Morgan fingerprint density at radius 1 is 1.29 bits per heavy atom. The number of fused-ring (bicyclic) bond motifs is 1. The van der Waals surface area contributed by atoms with Crippen molar-refractivity contribution < 1.29 is 4.74 Å². The van der Waals surface area contributed by atoms with Crippen LogP contribution in [-0.4, -0.2) is 74.9 Å². The first-order chi connectivity index (χ1) is 8.33. The number of ether oxygens (including phenoxy) is 1. The van der Waals surface area contributed by atoms with Crippen molar-refractivity contribution in [2.45, 2.75) is 25.0 Å². The van der Waals surface area contributed by atoms with Gasteiger partial charge in [0.2, 0.25) is 0 Å². The normalized spacial score (nSPS) is 40.4. The van der Waals surface area contributed by atoms with E-state index in [2.05, 4.69) is 22.2 Å². The molecular formula is C13H25N3O. The molecule has 3 atom stereocenters. The van der Waals surface area contributed by atoms with Crippen LogP contribution in [-0.2, 0) is 4.74 Å². The molecule has 0 aromatic heterocycles. The van der Waals surface area contributed by atoms with Crippen LogP contribution in [0.15, 0.2) is 0 Å². The molecule has 3 saturated heterocycles. The van der Waals surface area contributed by atoms with Crippen molar-refractivity contribution in [2.24, 2.45) is 5.92 Å². The highest BCUT2D eigenvalue weighted by molar-refractivity contribution is 4.93. The average molecular weight is 239 g/mol. The predicted octanol–water partition coefficient (Wildman–Crippen LogP) is 0.000800. The maximum absolute atomic E-state index is 5.90. The summed E-state index contributed by atoms with van der Waals surface area (Å²) in [5, 5.41) is 3.55. The minimum Gasteiger partial charge on any atom is -0.374 e. The Hall–Kier alpha value is -0.160. The molecule has 98 valence electrons. The molecule has 17 heavy (non-hydrogen) atoms. The number of hydrogen-bond donors (Lipinski definition) is 1. The van der Waals surface area contributed by atoms with Gasteiger partial charge in [-0.15, -0.1) is 0 Å². The van der Waals surface area contributed by atoms with Crippen molar-refractivity contribution in [2.75, 3.05) is 52.9 Å². The minimum atomic E-state index is 0.424. The zero-order valence-corrected chi connectivity index (χ0v) is 10.9. The fraction of sp³-hybridized carbons (Fsp3) is 1.00. The van der Waals surface area contributed by atoms with Gasteiger partial charge in [-0.25, -0.2) is 0 Å². The number of morpholine rings is 1. The zero-order valence-electron chi connectivity index (χ0n) is 10.9. The fourth-order valence-corrected chi connectivity index (χ4v) is 3.63. The summed E-state index contributed by atoms with van der Waals surface area (Å²) in [7, 11) is 2.20. The fourth-order valence-electron chi connectivity index (χ4n) is 3.63. The van der Waals surface area contributed by atoms with Crippen LogP contribution in [0, 0.1) is 5.92 Å². The van der Waals surface area contributed by atoms with Crippen molar-refractivity contribution in [3.05, 3.63) is 0 Å². The molecule has 0 spiro atoms. The lowest BCUT2D eigenvalue weighted by molar-refractivity contribution is -0.0470. The van der Waals surface area contributed by atoms with Crippen molar-refractivity contribution in [1.29, 1.82) is 0 Å². The van der Waals surface area contributed by atoms with Crippen molar-refractivity contribution in [3.63, 3.8) is 0 Å². The van der Waals surface area contributed by atoms with E-state index in [4.69, 9.17) is 4.74 Å². The maximum Gasteiger partial charge on any atom is 0.0829 e. The van der Waals surface area contributed by atoms with Crippen LogP contribution in [0.2, 0.25) is 0 Å². The van der Waals surface area contributed by atoms with E-state index in [1.54, 1.807) is 0 Å². The van der Waals surface area contributed by atoms with E-state index < -0.39 is 0 Å². The Balaban J connectivity index is 1.56. The van der Waals surface area contributed by atoms with Crippen LogP contribution in [0.1, 0.15) is 12.8 Å². The van der Waals surface area contributed by atoms with Gasteiger partial charge in [0.25, 0.3) is 0 Å². The number of rotatable bonds is 2. The van der Waals surface area contributed by atoms with Crippen molar-refractivity contribution in [3.8, 4) is 0 Å². The lowest BCUT2D eigenvalue weighted by Crippen LogP contribution is -2.52. The topological polar surface area (TPSA) is 27.7 Å². The first-order valence-electron chi connectivity index (χ1n) is 7.08. The molecule has 0 saturated carbocycles. The van der Waals surface area contributed by atoms with Gasteiger partial charge < -0.3 is 15.0 Å². The summed E-state index contributed by atoms with van der Waals surface area (Å²) in [6.07, 6.45) is 3.21. The van der Waals surface area contributed by atoms with E-state index in [9.17, 15) is 0 Å². The highest BCUT2D eigenvalue weighted by Gasteiger charge is 2.36. The van der Waals surface area contributed by atoms with E-state index in [1.165, 1.54) is 32.5 Å². The summed E-state index contributed by atoms with van der Waals surface area (Å²) in [5.74, 6) is 0.894. The molecule has 3 rings (SSSR count). The van der Waals surface area contributed by atoms with E-state index in [0.29, 0.717) is 6.10 Å². The highest BCUT2D eigenvalue weighted by Crippen LogP contribution is 2.26. The number of piperidine rings is 1. The van der Waals surface area contributed by atoms with Gasteiger partial charge in [-0.1, -0.05) is 0 Å². The third-order valence-electron chi connectivity index (χ3n) is 4.57. The molecular weight excluding hydrogens is 214 g/mol. The molecule has 0 aromatic rings. The maximum atomic E-state index is 5.90. The van der Waals surface area contributed by atoms with Crippen LogP contribution < -0.4 is 5.32 Å². The van der Waals surface area contributed by atoms with Crippen molar-refractivity contribution in [1.82, 2.24) is 15.1 Å². The van der Waals surface area contributed by atoms with Crippen molar-refractivity contribution >= 4 is 0 Å². The summed E-state index contributed by atoms with van der Waals surface area (Å²) in [6.45, 7) is 7.91. The van der Waals surface area contributed by atoms with E-state index in [1.807, 2.05) is 0 Å². The summed E-state index contributed by atoms with van der Waals surface area (Å²) in [5.41, 5.74) is 0. The Morgan fingerprint density at radius 3 is 3.12 bits per heavy atom. The third-order valence-corrected chi connectivity index (χ3v) is 4.57. The Morgan fingerprint density at radius 2 is 2.24 bits per heavy atom. The van der Waals surface area contributed by atoms with Gasteiger partial charge in [-0.05, 0) is 38.9 Å². The van der Waals surface area contributed by atoms with Crippen LogP contribution in [0.5, 0.6) is 0 Å². The number of likely N-dealkylation sites (N-methyl/N-ethyl adjacent to an activating group) is 1. The highest BCUT2D eigenvalue weighted by atomic mass is 16.5. The zero-order chi connectivity index (χ0) is 11.7. The molecule has 3 unspecified atom stereocenters. The summed E-state index contributed by atoms with van der Waals surface area (Å²) in [4.78, 5) is 5.07. The second-order valence-corrected chi connectivity index (χ2v) is 5.88. The number of nitrogens with one attached hydrogen (secondary N) is 1. The number of likely N-dealkylation sites (tertiary alicyclic amines) is 1. The van der Waals surface area contributed by atoms with E-state index in [-0.39, 0.29) is 0 Å². The molecule has 0 aromatic carbocycles. The van der Waals surface area contributed by atoms with Crippen LogP contribution >= 0.6 is 0 Å². The first-order valence-corrected chi connectivity index (χ1v) is 7.08. The molecule has 4 heteroatoms. The quantitative estimate of drug-likeness (QED) is 0.734. The standard InChI is InChI=1S/C13H25N3O/c1-15-5-6-17-12(9-15)10-16-4-2-3-11-7-14-8-13(11)16/h11-14H,2-10H2,1H3. The monoisotopic (exact) mass is 239 g/mol. The van der Waals surface area contributed by atoms with Gasteiger partial charge in [-0.3, -0.25) is 4.90 Å². The second kappa shape index (κ2) is 5.22. The smallest absolute Gasteiger partial charge is 0.0829 e. The van der Waals surface area contributed by atoms with Gasteiger partial charge in [0.1, 0.15) is 0 Å². The molecule has 0 radical (unpaired) electrons. The lowest BCUT2D eigenvalue weighted by atomic mass is 9.92. The molecule has 3 fully saturated rings. The molecule has 4 nitrogen and oxygen atoms in total. The molecule has 3 heterocycles. The van der Waals surface area contributed by atoms with Gasteiger partial charge >= 0.3 is 0 Å². The third kappa shape index (κ3) is 2.65. The Bertz CT molecular complexity index is 261. The molecule has 0 amide bonds. The minimum absolute atomic E-state index is 0.424. The SMILES string of the molecule is CN1CCOC(CN2CCCC3CNCC32)C1. The predicted molar refractivity (Wildman–Crippen MR) is 68.2 cm³/mol. The van der Waals surface area contributed by atoms with Crippen LogP contribution in [0.25, 0.3) is 0 Å². The molecule has 0 aliphatic carbocycles. The Labute approximate surface area is 104 Å². The van der Waals surface area contributed by atoms with Gasteiger partial charge in [0.05, 0.1) is 12.7 Å². The lowest BCUT2D eigenvalue weighted by Gasteiger charge is -2.40. The number of nitrogens with zero attached hydrogens (tertiary/aromatic N) is 2. The summed E-state index contributed by atoms with van der Waals surface area (Å²) < 4.78 is 5.90. The second-order valence-electron chi connectivity index (χ2n) is 5.88. The number of hydrogen-bond acceptors (Lipinski definition) is 4. The van der Waals surface area contributed by atoms with E-state index in [0.717, 1.165) is 38.2 Å². The van der Waals surface area contributed by atoms with Gasteiger partial charge in [0.15, 0.2) is 0 Å². The Kier molecular flexibility index (Phi) is 3.66. The summed E-state index contributed by atoms with van der Waals surface area (Å²) >= 11 is 0. The largest absolute Gasteiger partial charge is 0.374 e. The molecule has 3 aliphatic rings. The van der Waals surface area contributed by atoms with Gasteiger partial charge in [0, 0.05) is 32.2 Å².